The maximum absolute atomic E-state index is 4.43. The van der Waals surface area contributed by atoms with Crippen LogP contribution in [-0.2, 0) is 5.75 Å². The zero-order valence-corrected chi connectivity index (χ0v) is 10.6. The van der Waals surface area contributed by atoms with Gasteiger partial charge in [0.1, 0.15) is 11.6 Å². The van der Waals surface area contributed by atoms with Crippen LogP contribution in [0, 0.1) is 0 Å². The Bertz CT molecular complexity index is 459. The monoisotopic (exact) mass is 245 g/mol. The molecule has 0 amide bonds. The molecule has 0 unspecified atom stereocenters. The number of anilines is 1. The average molecular weight is 245 g/mol. The minimum atomic E-state index is 0.795. The first kappa shape index (κ1) is 11.9. The molecule has 0 saturated heterocycles. The highest BCUT2D eigenvalue weighted by Gasteiger charge is 2.00. The molecule has 0 aliphatic carbocycles. The first-order chi connectivity index (χ1) is 8.38. The van der Waals surface area contributed by atoms with Crippen LogP contribution in [0.25, 0.3) is 0 Å². The predicted molar refractivity (Wildman–Crippen MR) is 72.2 cm³/mol. The van der Waals surface area contributed by atoms with E-state index in [-0.39, 0.29) is 0 Å². The highest BCUT2D eigenvalue weighted by Crippen LogP contribution is 2.20. The molecule has 3 nitrogen and oxygen atoms in total. The van der Waals surface area contributed by atoms with Gasteiger partial charge in [0.25, 0.3) is 0 Å². The third-order valence-corrected chi connectivity index (χ3v) is 3.18. The zero-order chi connectivity index (χ0) is 11.9. The highest BCUT2D eigenvalue weighted by molar-refractivity contribution is 7.98. The second-order valence-corrected chi connectivity index (χ2v) is 4.54. The number of rotatable bonds is 5. The summed E-state index contributed by atoms with van der Waals surface area (Å²) in [5, 5.41) is 3.19. The molecule has 88 valence electrons. The summed E-state index contributed by atoms with van der Waals surface area (Å²) >= 11 is 1.75. The van der Waals surface area contributed by atoms with Gasteiger partial charge in [-0.25, -0.2) is 9.97 Å². The van der Waals surface area contributed by atoms with Gasteiger partial charge in [-0.15, -0.1) is 11.8 Å². The summed E-state index contributed by atoms with van der Waals surface area (Å²) in [7, 11) is 0. The van der Waals surface area contributed by atoms with Crippen LogP contribution in [0.4, 0.5) is 5.82 Å². The van der Waals surface area contributed by atoms with Gasteiger partial charge >= 0.3 is 0 Å². The average Bonchev–Trinajstić information content (AvgIpc) is 2.39. The number of benzene rings is 1. The van der Waals surface area contributed by atoms with E-state index in [1.54, 1.807) is 18.0 Å². The van der Waals surface area contributed by atoms with Crippen LogP contribution in [-0.4, -0.2) is 16.5 Å². The number of hydrogen-bond donors (Lipinski definition) is 1. The van der Waals surface area contributed by atoms with Crippen molar-refractivity contribution in [3.05, 3.63) is 48.4 Å². The van der Waals surface area contributed by atoms with E-state index in [4.69, 9.17) is 0 Å². The summed E-state index contributed by atoms with van der Waals surface area (Å²) in [6.45, 7) is 2.93. The fourth-order valence-electron chi connectivity index (χ4n) is 1.41. The van der Waals surface area contributed by atoms with Gasteiger partial charge < -0.3 is 5.32 Å². The van der Waals surface area contributed by atoms with Gasteiger partial charge in [0.2, 0.25) is 0 Å². The molecule has 0 bridgehead atoms. The summed E-state index contributed by atoms with van der Waals surface area (Å²) < 4.78 is 0. The molecule has 0 atom stereocenters. The lowest BCUT2D eigenvalue weighted by Crippen LogP contribution is -2.02. The molecular weight excluding hydrogens is 230 g/mol. The van der Waals surface area contributed by atoms with E-state index in [0.717, 1.165) is 23.9 Å². The molecular formula is C13H15N3S. The number of nitrogens with zero attached hydrogens (tertiary/aromatic N) is 2. The number of thioether (sulfide) groups is 1. The van der Waals surface area contributed by atoms with E-state index in [9.17, 15) is 0 Å². The van der Waals surface area contributed by atoms with Crippen molar-refractivity contribution in [3.8, 4) is 0 Å². The number of hydrogen-bond acceptors (Lipinski definition) is 4. The molecule has 17 heavy (non-hydrogen) atoms. The molecule has 2 aromatic rings. The van der Waals surface area contributed by atoms with E-state index < -0.39 is 0 Å². The zero-order valence-electron chi connectivity index (χ0n) is 9.76. The molecule has 0 fully saturated rings. The number of aromatic nitrogens is 2. The normalized spacial score (nSPS) is 10.2. The fraction of sp³-hybridized carbons (Fsp3) is 0.231. The Hall–Kier alpha value is -1.55. The summed E-state index contributed by atoms with van der Waals surface area (Å²) in [5.41, 5.74) is 0. The Balaban J connectivity index is 1.97. The van der Waals surface area contributed by atoms with Crippen molar-refractivity contribution in [2.24, 2.45) is 0 Å². The Labute approximate surface area is 106 Å². The van der Waals surface area contributed by atoms with Crippen LogP contribution in [0.2, 0.25) is 0 Å². The van der Waals surface area contributed by atoms with E-state index in [2.05, 4.69) is 34.3 Å². The Morgan fingerprint density at radius 1 is 1.18 bits per heavy atom. The Kier molecular flexibility index (Phi) is 4.38. The number of nitrogens with one attached hydrogen (secondary N) is 1. The third-order valence-electron chi connectivity index (χ3n) is 2.17. The lowest BCUT2D eigenvalue weighted by atomic mass is 10.4. The SMILES string of the molecule is CCNc1ccnc(CSc2ccccc2)n1. The molecule has 4 heteroatoms. The van der Waals surface area contributed by atoms with Crippen molar-refractivity contribution in [1.29, 1.82) is 0 Å². The standard InChI is InChI=1S/C13H15N3S/c1-2-14-12-8-9-15-13(16-12)10-17-11-6-4-3-5-7-11/h3-9H,2,10H2,1H3,(H,14,15,16). The van der Waals surface area contributed by atoms with Gasteiger partial charge in [-0.2, -0.15) is 0 Å². The van der Waals surface area contributed by atoms with Crippen molar-refractivity contribution >= 4 is 17.6 Å². The summed E-state index contributed by atoms with van der Waals surface area (Å²) in [4.78, 5) is 9.94. The molecule has 0 radical (unpaired) electrons. The van der Waals surface area contributed by atoms with E-state index in [1.807, 2.05) is 24.3 Å². The molecule has 2 rings (SSSR count). The molecule has 1 aromatic carbocycles. The van der Waals surface area contributed by atoms with Gasteiger partial charge in [0.05, 0.1) is 5.75 Å². The van der Waals surface area contributed by atoms with Crippen LogP contribution >= 0.6 is 11.8 Å². The second kappa shape index (κ2) is 6.25. The van der Waals surface area contributed by atoms with Crippen molar-refractivity contribution in [2.75, 3.05) is 11.9 Å². The van der Waals surface area contributed by atoms with Crippen molar-refractivity contribution in [1.82, 2.24) is 9.97 Å². The highest BCUT2D eigenvalue weighted by atomic mass is 32.2. The lowest BCUT2D eigenvalue weighted by molar-refractivity contribution is 1.02. The van der Waals surface area contributed by atoms with E-state index in [0.29, 0.717) is 0 Å². The van der Waals surface area contributed by atoms with Gasteiger partial charge in [-0.05, 0) is 25.1 Å². The summed E-state index contributed by atoms with van der Waals surface area (Å²) in [5.74, 6) is 2.55. The van der Waals surface area contributed by atoms with Crippen molar-refractivity contribution in [3.63, 3.8) is 0 Å². The van der Waals surface area contributed by atoms with Crippen molar-refractivity contribution < 1.29 is 0 Å². The van der Waals surface area contributed by atoms with Gasteiger partial charge in [-0.3, -0.25) is 0 Å². The second-order valence-electron chi connectivity index (χ2n) is 3.49. The summed E-state index contributed by atoms with van der Waals surface area (Å²) in [6, 6.07) is 12.2. The molecule has 0 aliphatic rings. The molecule has 1 N–H and O–H groups in total. The molecule has 0 saturated carbocycles. The lowest BCUT2D eigenvalue weighted by Gasteiger charge is -2.04. The van der Waals surface area contributed by atoms with Gasteiger partial charge in [0, 0.05) is 17.6 Å². The van der Waals surface area contributed by atoms with Crippen LogP contribution in [0.5, 0.6) is 0 Å². The molecule has 1 heterocycles. The topological polar surface area (TPSA) is 37.8 Å². The molecule has 0 aliphatic heterocycles. The van der Waals surface area contributed by atoms with Crippen LogP contribution in [0.3, 0.4) is 0 Å². The minimum Gasteiger partial charge on any atom is -0.370 e. The Morgan fingerprint density at radius 2 is 2.00 bits per heavy atom. The van der Waals surface area contributed by atoms with Crippen molar-refractivity contribution in [2.45, 2.75) is 17.6 Å². The smallest absolute Gasteiger partial charge is 0.140 e. The minimum absolute atomic E-state index is 0.795. The van der Waals surface area contributed by atoms with E-state index >= 15 is 0 Å². The van der Waals surface area contributed by atoms with Gasteiger partial charge in [-0.1, -0.05) is 18.2 Å². The van der Waals surface area contributed by atoms with Crippen LogP contribution in [0.15, 0.2) is 47.5 Å². The summed E-state index contributed by atoms with van der Waals surface area (Å²) in [6.07, 6.45) is 1.80. The van der Waals surface area contributed by atoms with Crippen LogP contribution in [0.1, 0.15) is 12.7 Å². The predicted octanol–water partition coefficient (Wildman–Crippen LogP) is 3.20. The van der Waals surface area contributed by atoms with Crippen LogP contribution < -0.4 is 5.32 Å². The first-order valence-electron chi connectivity index (χ1n) is 5.62. The third kappa shape index (κ3) is 3.75. The van der Waals surface area contributed by atoms with Gasteiger partial charge in [0.15, 0.2) is 0 Å². The fourth-order valence-corrected chi connectivity index (χ4v) is 2.20. The molecule has 0 spiro atoms. The maximum Gasteiger partial charge on any atom is 0.140 e. The maximum atomic E-state index is 4.43. The quantitative estimate of drug-likeness (QED) is 0.821. The van der Waals surface area contributed by atoms with E-state index in [1.165, 1.54) is 4.90 Å². The first-order valence-corrected chi connectivity index (χ1v) is 6.60. The molecule has 1 aromatic heterocycles. The Morgan fingerprint density at radius 3 is 2.76 bits per heavy atom. The largest absolute Gasteiger partial charge is 0.370 e.